The lowest BCUT2D eigenvalue weighted by Crippen LogP contribution is -2.07. The van der Waals surface area contributed by atoms with E-state index in [0.29, 0.717) is 23.4 Å². The van der Waals surface area contributed by atoms with Crippen molar-refractivity contribution in [3.8, 4) is 0 Å². The van der Waals surface area contributed by atoms with E-state index in [9.17, 15) is 4.39 Å². The number of imidazole rings is 1. The molecule has 0 radical (unpaired) electrons. The standard InChI is InChI=1S/C12H10ClFN4S/c13-8-6-10-11(7-9(8)14)18(12(19)16-10)5-4-17-3-1-2-15-17/h1-3,6-7H,4-5H2,(H,16,19). The zero-order valence-electron chi connectivity index (χ0n) is 9.81. The van der Waals surface area contributed by atoms with Gasteiger partial charge in [-0.05, 0) is 24.4 Å². The van der Waals surface area contributed by atoms with Crippen LogP contribution in [0.15, 0.2) is 30.6 Å². The van der Waals surface area contributed by atoms with Crippen LogP contribution >= 0.6 is 23.8 Å². The van der Waals surface area contributed by atoms with E-state index >= 15 is 0 Å². The molecule has 1 N–H and O–H groups in total. The van der Waals surface area contributed by atoms with E-state index in [-0.39, 0.29) is 5.02 Å². The third kappa shape index (κ3) is 2.29. The van der Waals surface area contributed by atoms with Crippen molar-refractivity contribution in [2.24, 2.45) is 0 Å². The van der Waals surface area contributed by atoms with E-state index < -0.39 is 5.82 Å². The number of H-pyrrole nitrogens is 1. The molecule has 0 bridgehead atoms. The topological polar surface area (TPSA) is 38.5 Å². The Hall–Kier alpha value is -1.66. The molecule has 0 aliphatic heterocycles. The molecule has 0 atom stereocenters. The number of halogens is 2. The summed E-state index contributed by atoms with van der Waals surface area (Å²) >= 11 is 11.0. The van der Waals surface area contributed by atoms with E-state index in [1.165, 1.54) is 6.07 Å². The van der Waals surface area contributed by atoms with Crippen LogP contribution in [0.1, 0.15) is 0 Å². The summed E-state index contributed by atoms with van der Waals surface area (Å²) in [7, 11) is 0. The number of nitrogens with one attached hydrogen (secondary N) is 1. The van der Waals surface area contributed by atoms with Crippen molar-refractivity contribution in [1.82, 2.24) is 19.3 Å². The van der Waals surface area contributed by atoms with Crippen LogP contribution in [0.5, 0.6) is 0 Å². The van der Waals surface area contributed by atoms with Crippen LogP contribution < -0.4 is 0 Å². The number of fused-ring (bicyclic) bond motifs is 1. The van der Waals surface area contributed by atoms with Crippen molar-refractivity contribution in [1.29, 1.82) is 0 Å². The fraction of sp³-hybridized carbons (Fsp3) is 0.167. The molecule has 0 aliphatic carbocycles. The highest BCUT2D eigenvalue weighted by Gasteiger charge is 2.09. The molecule has 0 saturated heterocycles. The maximum absolute atomic E-state index is 13.5. The van der Waals surface area contributed by atoms with Crippen molar-refractivity contribution in [2.45, 2.75) is 13.1 Å². The first kappa shape index (κ1) is 12.4. The molecule has 1 aromatic carbocycles. The summed E-state index contributed by atoms with van der Waals surface area (Å²) < 4.78 is 17.7. The Balaban J connectivity index is 2.00. The average Bonchev–Trinajstić information content (AvgIpc) is 2.96. The van der Waals surface area contributed by atoms with Gasteiger partial charge in [0.25, 0.3) is 0 Å². The quantitative estimate of drug-likeness (QED) is 0.753. The molecule has 2 aromatic heterocycles. The summed E-state index contributed by atoms with van der Waals surface area (Å²) in [6.45, 7) is 1.28. The molecule has 2 heterocycles. The summed E-state index contributed by atoms with van der Waals surface area (Å²) in [6.07, 6.45) is 3.59. The normalized spacial score (nSPS) is 11.3. The molecular formula is C12H10ClFN4S. The Morgan fingerprint density at radius 1 is 1.37 bits per heavy atom. The molecule has 4 nitrogen and oxygen atoms in total. The monoisotopic (exact) mass is 296 g/mol. The van der Waals surface area contributed by atoms with Gasteiger partial charge in [0.1, 0.15) is 5.82 Å². The molecule has 0 saturated carbocycles. The highest BCUT2D eigenvalue weighted by Crippen LogP contribution is 2.22. The zero-order chi connectivity index (χ0) is 13.4. The van der Waals surface area contributed by atoms with Crippen molar-refractivity contribution in [3.05, 3.63) is 46.2 Å². The average molecular weight is 297 g/mol. The first-order chi connectivity index (χ1) is 9.15. The lowest BCUT2D eigenvalue weighted by molar-refractivity contribution is 0.537. The van der Waals surface area contributed by atoms with E-state index in [0.717, 1.165) is 5.52 Å². The molecule has 0 amide bonds. The number of hydrogen-bond donors (Lipinski definition) is 1. The SMILES string of the molecule is Fc1cc2c(cc1Cl)[nH]c(=S)n2CCn1cccn1. The van der Waals surface area contributed by atoms with Gasteiger partial charge in [-0.2, -0.15) is 5.10 Å². The van der Waals surface area contributed by atoms with Crippen LogP contribution in [-0.4, -0.2) is 19.3 Å². The summed E-state index contributed by atoms with van der Waals surface area (Å²) in [4.78, 5) is 3.02. The van der Waals surface area contributed by atoms with E-state index in [1.54, 1.807) is 16.9 Å². The van der Waals surface area contributed by atoms with Gasteiger partial charge >= 0.3 is 0 Å². The molecule has 7 heteroatoms. The molecule has 0 fully saturated rings. The highest BCUT2D eigenvalue weighted by atomic mass is 35.5. The third-order valence-corrected chi connectivity index (χ3v) is 3.54. The van der Waals surface area contributed by atoms with Crippen molar-refractivity contribution >= 4 is 34.9 Å². The summed E-state index contributed by atoms with van der Waals surface area (Å²) in [5.74, 6) is -0.448. The Labute approximate surface area is 118 Å². The molecule has 0 unspecified atom stereocenters. The van der Waals surface area contributed by atoms with Gasteiger partial charge in [0, 0.05) is 25.0 Å². The van der Waals surface area contributed by atoms with E-state index in [4.69, 9.17) is 23.8 Å². The van der Waals surface area contributed by atoms with Gasteiger partial charge in [-0.3, -0.25) is 4.68 Å². The maximum Gasteiger partial charge on any atom is 0.178 e. The molecule has 3 aromatic rings. The summed E-state index contributed by atoms with van der Waals surface area (Å²) in [5, 5.41) is 4.21. The minimum absolute atomic E-state index is 0.0861. The first-order valence-electron chi connectivity index (χ1n) is 5.70. The predicted molar refractivity (Wildman–Crippen MR) is 74.3 cm³/mol. The number of benzene rings is 1. The molecule has 19 heavy (non-hydrogen) atoms. The van der Waals surface area contributed by atoms with Crippen LogP contribution in [-0.2, 0) is 13.1 Å². The number of aromatic nitrogens is 4. The summed E-state index contributed by atoms with van der Waals surface area (Å²) in [5.41, 5.74) is 1.44. The number of hydrogen-bond acceptors (Lipinski definition) is 2. The molecule has 0 aliphatic rings. The van der Waals surface area contributed by atoms with Crippen LogP contribution in [0.3, 0.4) is 0 Å². The highest BCUT2D eigenvalue weighted by molar-refractivity contribution is 7.71. The zero-order valence-corrected chi connectivity index (χ0v) is 11.4. The Morgan fingerprint density at radius 3 is 2.95 bits per heavy atom. The second-order valence-corrected chi connectivity index (χ2v) is 4.93. The molecule has 0 spiro atoms. The lowest BCUT2D eigenvalue weighted by atomic mass is 10.3. The second kappa shape index (κ2) is 4.79. The first-order valence-corrected chi connectivity index (χ1v) is 6.49. The second-order valence-electron chi connectivity index (χ2n) is 4.13. The number of nitrogens with zero attached hydrogens (tertiary/aromatic N) is 3. The van der Waals surface area contributed by atoms with Crippen LogP contribution in [0, 0.1) is 10.6 Å². The Bertz CT molecular complexity index is 775. The van der Waals surface area contributed by atoms with Gasteiger partial charge in [-0.1, -0.05) is 11.6 Å². The van der Waals surface area contributed by atoms with Gasteiger partial charge in [0.15, 0.2) is 4.77 Å². The fourth-order valence-electron chi connectivity index (χ4n) is 2.01. The van der Waals surface area contributed by atoms with Crippen LogP contribution in [0.25, 0.3) is 11.0 Å². The number of rotatable bonds is 3. The minimum atomic E-state index is -0.448. The molecule has 98 valence electrons. The van der Waals surface area contributed by atoms with Crippen molar-refractivity contribution < 1.29 is 4.39 Å². The number of aryl methyl sites for hydroxylation is 2. The number of aromatic amines is 1. The van der Waals surface area contributed by atoms with Crippen molar-refractivity contribution in [2.75, 3.05) is 0 Å². The largest absolute Gasteiger partial charge is 0.331 e. The van der Waals surface area contributed by atoms with Gasteiger partial charge in [0.05, 0.1) is 22.6 Å². The predicted octanol–water partition coefficient (Wildman–Crippen LogP) is 3.39. The Morgan fingerprint density at radius 2 is 2.21 bits per heavy atom. The lowest BCUT2D eigenvalue weighted by Gasteiger charge is -2.05. The fourth-order valence-corrected chi connectivity index (χ4v) is 2.47. The van der Waals surface area contributed by atoms with Gasteiger partial charge in [-0.15, -0.1) is 0 Å². The van der Waals surface area contributed by atoms with Crippen LogP contribution in [0.4, 0.5) is 4.39 Å². The Kier molecular flexibility index (Phi) is 3.12. The third-order valence-electron chi connectivity index (χ3n) is 2.93. The summed E-state index contributed by atoms with van der Waals surface area (Å²) in [6, 6.07) is 4.80. The van der Waals surface area contributed by atoms with Crippen molar-refractivity contribution in [3.63, 3.8) is 0 Å². The van der Waals surface area contributed by atoms with Gasteiger partial charge in [0.2, 0.25) is 0 Å². The van der Waals surface area contributed by atoms with E-state index in [2.05, 4.69) is 10.1 Å². The van der Waals surface area contributed by atoms with Gasteiger partial charge < -0.3 is 9.55 Å². The molecular weight excluding hydrogens is 287 g/mol. The maximum atomic E-state index is 13.5. The smallest absolute Gasteiger partial charge is 0.178 e. The van der Waals surface area contributed by atoms with Crippen LogP contribution in [0.2, 0.25) is 5.02 Å². The van der Waals surface area contributed by atoms with Gasteiger partial charge in [-0.25, -0.2) is 4.39 Å². The molecule has 3 rings (SSSR count). The minimum Gasteiger partial charge on any atom is -0.331 e. The van der Waals surface area contributed by atoms with E-state index in [1.807, 2.05) is 16.8 Å².